The lowest BCUT2D eigenvalue weighted by Gasteiger charge is -2.31. The van der Waals surface area contributed by atoms with Gasteiger partial charge in [-0.3, -0.25) is 4.79 Å². The first-order valence-corrected chi connectivity index (χ1v) is 7.94. The molecule has 0 bridgehead atoms. The zero-order valence-corrected chi connectivity index (χ0v) is 12.3. The number of nitrogens with one attached hydrogen (secondary N) is 1. The van der Waals surface area contributed by atoms with Gasteiger partial charge in [0.05, 0.1) is 0 Å². The van der Waals surface area contributed by atoms with Gasteiger partial charge in [-0.05, 0) is 30.9 Å². The van der Waals surface area contributed by atoms with Crippen LogP contribution in [0.4, 0.5) is 5.69 Å². The Balaban J connectivity index is 1.73. The quantitative estimate of drug-likeness (QED) is 0.896. The minimum atomic E-state index is -0.0560. The minimum Gasteiger partial charge on any atom is -0.373 e. The van der Waals surface area contributed by atoms with E-state index in [9.17, 15) is 4.79 Å². The van der Waals surface area contributed by atoms with E-state index >= 15 is 0 Å². The highest BCUT2D eigenvalue weighted by Crippen LogP contribution is 2.28. The van der Waals surface area contributed by atoms with Gasteiger partial charge in [0.2, 0.25) is 5.91 Å². The number of hydrogen-bond acceptors (Lipinski definition) is 2. The molecule has 20 heavy (non-hydrogen) atoms. The van der Waals surface area contributed by atoms with Crippen molar-refractivity contribution in [1.29, 1.82) is 0 Å². The van der Waals surface area contributed by atoms with Gasteiger partial charge in [0.25, 0.3) is 0 Å². The minimum absolute atomic E-state index is 0.0560. The molecule has 2 unspecified atom stereocenters. The van der Waals surface area contributed by atoms with Crippen molar-refractivity contribution in [3.05, 3.63) is 29.8 Å². The highest BCUT2D eigenvalue weighted by molar-refractivity contribution is 5.87. The van der Waals surface area contributed by atoms with Crippen LogP contribution in [-0.4, -0.2) is 29.4 Å². The number of carbonyl (C=O) groups is 1. The molecule has 1 amide bonds. The van der Waals surface area contributed by atoms with Crippen LogP contribution in [0.2, 0.25) is 0 Å². The molecule has 0 radical (unpaired) electrons. The SMILES string of the molecule is CCC1CCCCCN1C(=O)C1Cc2ccccc2N1. The van der Waals surface area contributed by atoms with Crippen LogP contribution < -0.4 is 5.32 Å². The van der Waals surface area contributed by atoms with E-state index < -0.39 is 0 Å². The van der Waals surface area contributed by atoms with Gasteiger partial charge in [-0.15, -0.1) is 0 Å². The predicted molar refractivity (Wildman–Crippen MR) is 81.8 cm³/mol. The third-order valence-corrected chi connectivity index (χ3v) is 4.70. The zero-order chi connectivity index (χ0) is 13.9. The van der Waals surface area contributed by atoms with Gasteiger partial charge < -0.3 is 10.2 Å². The van der Waals surface area contributed by atoms with E-state index in [2.05, 4.69) is 29.3 Å². The molecular formula is C17H24N2O. The first kappa shape index (κ1) is 13.5. The van der Waals surface area contributed by atoms with Crippen LogP contribution in [0, 0.1) is 0 Å². The first-order chi connectivity index (χ1) is 9.79. The molecule has 0 aromatic heterocycles. The van der Waals surface area contributed by atoms with Crippen LogP contribution >= 0.6 is 0 Å². The molecule has 2 heterocycles. The topological polar surface area (TPSA) is 32.3 Å². The van der Waals surface area contributed by atoms with Gasteiger partial charge in [-0.1, -0.05) is 38.0 Å². The number of hydrogen-bond donors (Lipinski definition) is 1. The Morgan fingerprint density at radius 3 is 2.95 bits per heavy atom. The Labute approximate surface area is 121 Å². The number of para-hydroxylation sites is 1. The number of carbonyl (C=O) groups excluding carboxylic acids is 1. The van der Waals surface area contributed by atoms with Crippen LogP contribution in [0.5, 0.6) is 0 Å². The molecule has 0 aliphatic carbocycles. The summed E-state index contributed by atoms with van der Waals surface area (Å²) in [6.07, 6.45) is 6.76. The van der Waals surface area contributed by atoms with Gasteiger partial charge in [0, 0.05) is 24.7 Å². The summed E-state index contributed by atoms with van der Waals surface area (Å²) >= 11 is 0. The molecule has 1 aromatic rings. The summed E-state index contributed by atoms with van der Waals surface area (Å²) in [6, 6.07) is 8.65. The van der Waals surface area contributed by atoms with E-state index in [1.54, 1.807) is 0 Å². The number of anilines is 1. The van der Waals surface area contributed by atoms with Gasteiger partial charge >= 0.3 is 0 Å². The van der Waals surface area contributed by atoms with Gasteiger partial charge in [0.1, 0.15) is 6.04 Å². The molecule has 0 saturated carbocycles. The largest absolute Gasteiger partial charge is 0.373 e. The van der Waals surface area contributed by atoms with Crippen molar-refractivity contribution in [3.63, 3.8) is 0 Å². The number of rotatable bonds is 2. The third kappa shape index (κ3) is 2.54. The summed E-state index contributed by atoms with van der Waals surface area (Å²) < 4.78 is 0. The number of likely N-dealkylation sites (tertiary alicyclic amines) is 1. The number of amides is 1. The maximum atomic E-state index is 12.9. The lowest BCUT2D eigenvalue weighted by Crippen LogP contribution is -2.47. The molecule has 108 valence electrons. The molecule has 0 spiro atoms. The molecule has 1 N–H and O–H groups in total. The molecule has 1 saturated heterocycles. The first-order valence-electron chi connectivity index (χ1n) is 7.94. The molecule has 2 atom stereocenters. The maximum Gasteiger partial charge on any atom is 0.245 e. The Bertz CT molecular complexity index is 461. The van der Waals surface area contributed by atoms with Crippen molar-refractivity contribution in [2.45, 2.75) is 57.5 Å². The van der Waals surface area contributed by atoms with E-state index in [0.29, 0.717) is 11.9 Å². The maximum absolute atomic E-state index is 12.9. The van der Waals surface area contributed by atoms with E-state index in [1.165, 1.54) is 24.8 Å². The monoisotopic (exact) mass is 272 g/mol. The molecule has 1 fully saturated rings. The van der Waals surface area contributed by atoms with E-state index in [-0.39, 0.29) is 6.04 Å². The average molecular weight is 272 g/mol. The molecule has 1 aromatic carbocycles. The molecule has 3 heteroatoms. The molecule has 3 nitrogen and oxygen atoms in total. The summed E-state index contributed by atoms with van der Waals surface area (Å²) in [5.41, 5.74) is 2.41. The van der Waals surface area contributed by atoms with Crippen LogP contribution in [-0.2, 0) is 11.2 Å². The van der Waals surface area contributed by atoms with Crippen molar-refractivity contribution in [1.82, 2.24) is 4.90 Å². The van der Waals surface area contributed by atoms with Crippen molar-refractivity contribution in [2.24, 2.45) is 0 Å². The highest BCUT2D eigenvalue weighted by atomic mass is 16.2. The van der Waals surface area contributed by atoms with Crippen molar-refractivity contribution >= 4 is 11.6 Å². The lowest BCUT2D eigenvalue weighted by atomic mass is 10.1. The lowest BCUT2D eigenvalue weighted by molar-refractivity contribution is -0.134. The summed E-state index contributed by atoms with van der Waals surface area (Å²) in [5.74, 6) is 0.301. The van der Waals surface area contributed by atoms with E-state index in [4.69, 9.17) is 0 Å². The average Bonchev–Trinajstić information content (AvgIpc) is 2.77. The standard InChI is InChI=1S/C17H24N2O/c1-2-14-9-4-3-7-11-19(14)17(20)16-12-13-8-5-6-10-15(13)18-16/h5-6,8,10,14,16,18H,2-4,7,9,11-12H2,1H3. The summed E-state index contributed by atoms with van der Waals surface area (Å²) in [6.45, 7) is 3.14. The molecular weight excluding hydrogens is 248 g/mol. The van der Waals surface area contributed by atoms with Crippen molar-refractivity contribution < 1.29 is 4.79 Å². The van der Waals surface area contributed by atoms with Crippen LogP contribution in [0.3, 0.4) is 0 Å². The van der Waals surface area contributed by atoms with E-state index in [0.717, 1.165) is 31.5 Å². The fourth-order valence-corrected chi connectivity index (χ4v) is 3.54. The fourth-order valence-electron chi connectivity index (χ4n) is 3.54. The summed E-state index contributed by atoms with van der Waals surface area (Å²) in [4.78, 5) is 15.0. The smallest absolute Gasteiger partial charge is 0.245 e. The van der Waals surface area contributed by atoms with Gasteiger partial charge in [-0.2, -0.15) is 0 Å². The van der Waals surface area contributed by atoms with Gasteiger partial charge in [0.15, 0.2) is 0 Å². The number of nitrogens with zero attached hydrogens (tertiary/aromatic N) is 1. The highest BCUT2D eigenvalue weighted by Gasteiger charge is 2.33. The second-order valence-corrected chi connectivity index (χ2v) is 6.00. The number of benzene rings is 1. The predicted octanol–water partition coefficient (Wildman–Crippen LogP) is 3.20. The van der Waals surface area contributed by atoms with E-state index in [1.807, 2.05) is 12.1 Å². The Morgan fingerprint density at radius 1 is 1.30 bits per heavy atom. The molecule has 2 aliphatic rings. The van der Waals surface area contributed by atoms with Crippen molar-refractivity contribution in [2.75, 3.05) is 11.9 Å². The molecule has 3 rings (SSSR count). The Hall–Kier alpha value is -1.51. The van der Waals surface area contributed by atoms with Crippen LogP contribution in [0.25, 0.3) is 0 Å². The zero-order valence-electron chi connectivity index (χ0n) is 12.3. The van der Waals surface area contributed by atoms with Crippen molar-refractivity contribution in [3.8, 4) is 0 Å². The molecule has 2 aliphatic heterocycles. The van der Waals surface area contributed by atoms with Crippen LogP contribution in [0.15, 0.2) is 24.3 Å². The number of fused-ring (bicyclic) bond motifs is 1. The Morgan fingerprint density at radius 2 is 2.15 bits per heavy atom. The second-order valence-electron chi connectivity index (χ2n) is 6.00. The summed E-state index contributed by atoms with van der Waals surface area (Å²) in [5, 5.41) is 3.41. The summed E-state index contributed by atoms with van der Waals surface area (Å²) in [7, 11) is 0. The van der Waals surface area contributed by atoms with Gasteiger partial charge in [-0.25, -0.2) is 0 Å². The fraction of sp³-hybridized carbons (Fsp3) is 0.588. The Kier molecular flexibility index (Phi) is 3.95. The van der Waals surface area contributed by atoms with Crippen LogP contribution in [0.1, 0.15) is 44.6 Å². The second kappa shape index (κ2) is 5.86. The third-order valence-electron chi connectivity index (χ3n) is 4.70. The normalized spacial score (nSPS) is 25.8.